The topological polar surface area (TPSA) is 102 Å². The van der Waals surface area contributed by atoms with E-state index in [0.29, 0.717) is 55.1 Å². The maximum Gasteiger partial charge on any atom is 0.418 e. The van der Waals surface area contributed by atoms with Gasteiger partial charge in [-0.2, -0.15) is 23.1 Å². The van der Waals surface area contributed by atoms with E-state index in [-0.39, 0.29) is 51.5 Å². The van der Waals surface area contributed by atoms with Crippen LogP contribution in [0.5, 0.6) is 6.01 Å². The summed E-state index contributed by atoms with van der Waals surface area (Å²) in [4.78, 5) is 18.0. The summed E-state index contributed by atoms with van der Waals surface area (Å²) in [5.41, 5.74) is 4.07. The fraction of sp³-hybridized carbons (Fsp3) is 0.545. The van der Waals surface area contributed by atoms with Crippen LogP contribution in [0.15, 0.2) is 12.6 Å². The number of nitrogens with one attached hydrogen (secondary N) is 1. The molecule has 0 radical (unpaired) electrons. The van der Waals surface area contributed by atoms with Crippen LogP contribution in [0, 0.1) is 18.2 Å². The lowest BCUT2D eigenvalue weighted by molar-refractivity contribution is -0.137. The van der Waals surface area contributed by atoms with Crippen LogP contribution in [0.2, 0.25) is 5.02 Å². The van der Waals surface area contributed by atoms with Crippen molar-refractivity contribution in [2.45, 2.75) is 63.3 Å². The lowest BCUT2D eigenvalue weighted by Crippen LogP contribution is -2.58. The van der Waals surface area contributed by atoms with Gasteiger partial charge in [0.05, 0.1) is 47.1 Å². The summed E-state index contributed by atoms with van der Waals surface area (Å²) in [5.74, 6) is -0.767. The molecule has 250 valence electrons. The van der Waals surface area contributed by atoms with E-state index in [9.17, 15) is 13.2 Å². The fourth-order valence-corrected chi connectivity index (χ4v) is 8.43. The zero-order chi connectivity index (χ0) is 32.8. The Bertz CT molecular complexity index is 1790. The summed E-state index contributed by atoms with van der Waals surface area (Å²) in [5, 5.41) is 3.78. The molecule has 3 atom stereocenters. The number of alkyl halides is 3. The predicted molar refractivity (Wildman–Crippen MR) is 171 cm³/mol. The van der Waals surface area contributed by atoms with Crippen molar-refractivity contribution in [2.75, 3.05) is 56.6 Å². The van der Waals surface area contributed by atoms with Gasteiger partial charge in [-0.25, -0.2) is 9.37 Å². The molecule has 0 amide bonds. The minimum Gasteiger partial charge on any atom is -0.463 e. The van der Waals surface area contributed by atoms with Crippen molar-refractivity contribution in [2.24, 2.45) is 5.41 Å². The number of nitrogens with two attached hydrogens (primary N) is 1. The Morgan fingerprint density at radius 2 is 1.94 bits per heavy atom. The normalized spacial score (nSPS) is 25.2. The third-order valence-electron chi connectivity index (χ3n) is 10.5. The predicted octanol–water partition coefficient (Wildman–Crippen LogP) is 5.61. The van der Waals surface area contributed by atoms with Gasteiger partial charge in [-0.1, -0.05) is 18.2 Å². The van der Waals surface area contributed by atoms with E-state index >= 15 is 4.39 Å². The monoisotopic (exact) mass is 673 g/mol. The second kappa shape index (κ2) is 11.1. The molecule has 8 rings (SSSR count). The van der Waals surface area contributed by atoms with Crippen LogP contribution in [0.4, 0.5) is 29.2 Å². The lowest BCUT2D eigenvalue weighted by atomic mass is 9.91. The highest BCUT2D eigenvalue weighted by Gasteiger charge is 2.47. The van der Waals surface area contributed by atoms with Gasteiger partial charge in [-0.3, -0.25) is 4.90 Å². The highest BCUT2D eigenvalue weighted by atomic mass is 35.5. The number of benzene rings is 1. The number of nitrogen functional groups attached to an aromatic ring is 1. The van der Waals surface area contributed by atoms with E-state index in [1.807, 2.05) is 0 Å². The molecular weight excluding hydrogens is 638 g/mol. The standard InChI is InChI=1S/C33H36ClF4N7O2/c1-16-11-20-19-4-3-18(40-19)13-45(20)30-23-22(16)26(34)24(28-25(33(36,37)38)17(2)12-21(39)41-28)27(35)29(23)42-31(43-30)47-15-32(5-6-32)14-44-7-9-46-10-8-44/h12,18-20,40H,1,3-11,13-15H2,2H3,(H2,39,41)/t18-,19+,20-/m1/s1. The molecule has 6 heterocycles. The van der Waals surface area contributed by atoms with Gasteiger partial charge in [0.15, 0.2) is 5.82 Å². The number of anilines is 2. The summed E-state index contributed by atoms with van der Waals surface area (Å²) in [7, 11) is 0. The first-order chi connectivity index (χ1) is 22.4. The first kappa shape index (κ1) is 31.0. The fourth-order valence-electron chi connectivity index (χ4n) is 8.03. The molecule has 4 aliphatic heterocycles. The summed E-state index contributed by atoms with van der Waals surface area (Å²) >= 11 is 6.98. The number of piperazine rings is 1. The largest absolute Gasteiger partial charge is 0.463 e. The Hall–Kier alpha value is -3.26. The Kier molecular flexibility index (Phi) is 7.36. The SMILES string of the molecule is C=C1C[C@@H]2[C@@H]3CC[C@H](CN2c2nc(OCC4(CN5CCOCC5)CC4)nc4c(F)c(-c5nc(N)cc(C)c5C(F)(F)F)c(Cl)c1c24)N3. The number of hydrogen-bond acceptors (Lipinski definition) is 9. The molecule has 4 fully saturated rings. The number of fused-ring (bicyclic) bond motifs is 5. The van der Waals surface area contributed by atoms with E-state index < -0.39 is 28.8 Å². The average molecular weight is 674 g/mol. The quantitative estimate of drug-likeness (QED) is 0.324. The van der Waals surface area contributed by atoms with Gasteiger partial charge < -0.3 is 25.4 Å². The number of rotatable bonds is 6. The summed E-state index contributed by atoms with van der Waals surface area (Å²) in [6, 6.07) is 1.37. The number of halogens is 5. The average Bonchev–Trinajstić information content (AvgIpc) is 3.69. The molecule has 3 saturated heterocycles. The number of hydrogen-bond donors (Lipinski definition) is 2. The number of morpholine rings is 1. The molecule has 2 aromatic heterocycles. The Labute approximate surface area is 274 Å². The van der Waals surface area contributed by atoms with Crippen molar-refractivity contribution < 1.29 is 27.0 Å². The highest BCUT2D eigenvalue weighted by Crippen LogP contribution is 2.52. The summed E-state index contributed by atoms with van der Waals surface area (Å²) < 4.78 is 72.3. The molecule has 3 aromatic rings. The molecule has 9 nitrogen and oxygen atoms in total. The Balaban J connectivity index is 1.30. The van der Waals surface area contributed by atoms with Crippen molar-refractivity contribution >= 4 is 39.7 Å². The van der Waals surface area contributed by atoms with Gasteiger partial charge in [-0.15, -0.1) is 0 Å². The van der Waals surface area contributed by atoms with E-state index in [4.69, 9.17) is 31.8 Å². The van der Waals surface area contributed by atoms with Crippen LogP contribution < -0.4 is 20.7 Å². The molecule has 2 bridgehead atoms. The van der Waals surface area contributed by atoms with E-state index in [0.717, 1.165) is 51.4 Å². The van der Waals surface area contributed by atoms with Crippen LogP contribution in [0.3, 0.4) is 0 Å². The second-order valence-electron chi connectivity index (χ2n) is 13.8. The van der Waals surface area contributed by atoms with E-state index in [2.05, 4.69) is 31.7 Å². The molecular formula is C33H36ClF4N7O2. The zero-order valence-corrected chi connectivity index (χ0v) is 26.8. The third kappa shape index (κ3) is 5.30. The van der Waals surface area contributed by atoms with Crippen LogP contribution in [-0.2, 0) is 10.9 Å². The number of pyridine rings is 1. The molecule has 5 aliphatic rings. The minimum absolute atomic E-state index is 0.0243. The highest BCUT2D eigenvalue weighted by molar-refractivity contribution is 6.37. The van der Waals surface area contributed by atoms with Gasteiger partial charge in [0, 0.05) is 55.3 Å². The summed E-state index contributed by atoms with van der Waals surface area (Å²) in [6.07, 6.45) is -0.500. The van der Waals surface area contributed by atoms with Crippen LogP contribution in [0.1, 0.15) is 48.8 Å². The Morgan fingerprint density at radius 1 is 1.17 bits per heavy atom. The first-order valence-electron chi connectivity index (χ1n) is 16.1. The second-order valence-corrected chi connectivity index (χ2v) is 14.1. The molecule has 0 unspecified atom stereocenters. The van der Waals surface area contributed by atoms with Crippen molar-refractivity contribution in [3.8, 4) is 17.3 Å². The van der Waals surface area contributed by atoms with Crippen LogP contribution >= 0.6 is 11.6 Å². The number of aryl methyl sites for hydroxylation is 1. The molecule has 3 N–H and O–H groups in total. The van der Waals surface area contributed by atoms with Gasteiger partial charge in [-0.05, 0) is 56.2 Å². The van der Waals surface area contributed by atoms with Gasteiger partial charge in [0.25, 0.3) is 0 Å². The van der Waals surface area contributed by atoms with E-state index in [1.165, 1.54) is 6.92 Å². The van der Waals surface area contributed by atoms with Crippen LogP contribution in [-0.4, -0.2) is 84.0 Å². The van der Waals surface area contributed by atoms with Gasteiger partial charge in [0.2, 0.25) is 0 Å². The Morgan fingerprint density at radius 3 is 2.66 bits per heavy atom. The minimum atomic E-state index is -4.86. The number of nitrogens with zero attached hydrogens (tertiary/aromatic N) is 5. The van der Waals surface area contributed by atoms with Gasteiger partial charge >= 0.3 is 12.2 Å². The molecule has 1 saturated carbocycles. The first-order valence-corrected chi connectivity index (χ1v) is 16.5. The molecule has 1 aromatic carbocycles. The van der Waals surface area contributed by atoms with Crippen LogP contribution in [0.25, 0.3) is 27.7 Å². The van der Waals surface area contributed by atoms with Crippen molar-refractivity contribution in [1.82, 2.24) is 25.2 Å². The van der Waals surface area contributed by atoms with E-state index in [1.54, 1.807) is 0 Å². The molecule has 1 aliphatic carbocycles. The maximum absolute atomic E-state index is 17.0. The van der Waals surface area contributed by atoms with Crippen molar-refractivity contribution in [1.29, 1.82) is 0 Å². The number of ether oxygens (including phenoxy) is 2. The maximum atomic E-state index is 17.0. The molecule has 0 spiro atoms. The smallest absolute Gasteiger partial charge is 0.418 e. The molecule has 47 heavy (non-hydrogen) atoms. The number of aromatic nitrogens is 3. The summed E-state index contributed by atoms with van der Waals surface area (Å²) in [6.45, 7) is 10.5. The zero-order valence-electron chi connectivity index (χ0n) is 26.0. The molecule has 14 heteroatoms. The van der Waals surface area contributed by atoms with Crippen molar-refractivity contribution in [3.63, 3.8) is 0 Å². The van der Waals surface area contributed by atoms with Crippen molar-refractivity contribution in [3.05, 3.63) is 40.2 Å². The lowest BCUT2D eigenvalue weighted by Gasteiger charge is -2.41. The third-order valence-corrected chi connectivity index (χ3v) is 10.9. The van der Waals surface area contributed by atoms with Gasteiger partial charge in [0.1, 0.15) is 17.2 Å².